The molecule has 3 rings (SSSR count). The average Bonchev–Trinajstić information content (AvgIpc) is 3.01. The summed E-state index contributed by atoms with van der Waals surface area (Å²) in [6, 6.07) is 14.1. The van der Waals surface area contributed by atoms with Crippen LogP contribution in [-0.2, 0) is 16.0 Å². The molecule has 0 radical (unpaired) electrons. The molecule has 1 saturated heterocycles. The molecule has 2 atom stereocenters. The Balaban J connectivity index is 1.57. The lowest BCUT2D eigenvalue weighted by Gasteiger charge is -2.21. The van der Waals surface area contributed by atoms with Crippen LogP contribution in [-0.4, -0.2) is 42.4 Å². The molecule has 1 aliphatic rings. The third-order valence-corrected chi connectivity index (χ3v) is 4.98. The van der Waals surface area contributed by atoms with Gasteiger partial charge in [0.1, 0.15) is 0 Å². The maximum atomic E-state index is 12.4. The largest absolute Gasteiger partial charge is 0.347 e. The van der Waals surface area contributed by atoms with Gasteiger partial charge >= 0.3 is 0 Å². The second kappa shape index (κ2) is 7.66. The van der Waals surface area contributed by atoms with E-state index in [0.29, 0.717) is 19.0 Å². The molecule has 2 amide bonds. The van der Waals surface area contributed by atoms with E-state index in [4.69, 9.17) is 5.73 Å². The summed E-state index contributed by atoms with van der Waals surface area (Å²) >= 11 is 0. The van der Waals surface area contributed by atoms with Crippen molar-refractivity contribution >= 4 is 22.6 Å². The van der Waals surface area contributed by atoms with Crippen LogP contribution >= 0.6 is 0 Å². The van der Waals surface area contributed by atoms with E-state index >= 15 is 0 Å². The summed E-state index contributed by atoms with van der Waals surface area (Å²) in [7, 11) is 0. The monoisotopic (exact) mass is 339 g/mol. The molecule has 5 nitrogen and oxygen atoms in total. The topological polar surface area (TPSA) is 75.4 Å². The fourth-order valence-corrected chi connectivity index (χ4v) is 3.62. The fraction of sp³-hybridized carbons (Fsp3) is 0.400. The molecule has 0 aliphatic carbocycles. The Labute approximate surface area is 148 Å². The summed E-state index contributed by atoms with van der Waals surface area (Å²) in [6.45, 7) is 3.37. The second-order valence-corrected chi connectivity index (χ2v) is 6.82. The number of fused-ring (bicyclic) bond motifs is 1. The highest BCUT2D eigenvalue weighted by Crippen LogP contribution is 2.22. The normalized spacial score (nSPS) is 20.0. The summed E-state index contributed by atoms with van der Waals surface area (Å²) in [5.41, 5.74) is 6.68. The molecule has 0 bridgehead atoms. The van der Waals surface area contributed by atoms with Crippen LogP contribution in [0.5, 0.6) is 0 Å². The summed E-state index contributed by atoms with van der Waals surface area (Å²) in [5.74, 6) is 0.201. The summed E-state index contributed by atoms with van der Waals surface area (Å²) in [6.07, 6.45) is 1.21. The molecule has 0 saturated carbocycles. The molecular formula is C20H25N3O2. The van der Waals surface area contributed by atoms with Gasteiger partial charge in [-0.25, -0.2) is 0 Å². The maximum Gasteiger partial charge on any atom is 0.242 e. The number of hydrogen-bond donors (Lipinski definition) is 2. The van der Waals surface area contributed by atoms with Crippen molar-refractivity contribution in [3.63, 3.8) is 0 Å². The third-order valence-electron chi connectivity index (χ3n) is 4.98. The van der Waals surface area contributed by atoms with E-state index in [2.05, 4.69) is 5.32 Å². The SMILES string of the molecule is CC1CC(CN)CN1C(=O)CNC(=O)Cc1cccc2ccccc12. The third kappa shape index (κ3) is 3.99. The van der Waals surface area contributed by atoms with Crippen LogP contribution in [0.4, 0.5) is 0 Å². The first kappa shape index (κ1) is 17.4. The number of rotatable bonds is 5. The molecule has 2 unspecified atom stereocenters. The van der Waals surface area contributed by atoms with Crippen molar-refractivity contribution in [2.24, 2.45) is 11.7 Å². The van der Waals surface area contributed by atoms with Crippen LogP contribution in [0.3, 0.4) is 0 Å². The molecule has 25 heavy (non-hydrogen) atoms. The van der Waals surface area contributed by atoms with Gasteiger partial charge in [0, 0.05) is 12.6 Å². The van der Waals surface area contributed by atoms with Crippen LogP contribution in [0, 0.1) is 5.92 Å². The molecule has 0 aromatic heterocycles. The molecule has 2 aromatic carbocycles. The smallest absolute Gasteiger partial charge is 0.242 e. The number of likely N-dealkylation sites (tertiary alicyclic amines) is 1. The van der Waals surface area contributed by atoms with E-state index in [9.17, 15) is 9.59 Å². The van der Waals surface area contributed by atoms with Gasteiger partial charge in [-0.3, -0.25) is 9.59 Å². The van der Waals surface area contributed by atoms with Crippen LogP contribution in [0.2, 0.25) is 0 Å². The Kier molecular flexibility index (Phi) is 5.34. The molecule has 1 fully saturated rings. The number of amides is 2. The maximum absolute atomic E-state index is 12.4. The van der Waals surface area contributed by atoms with Gasteiger partial charge in [0.25, 0.3) is 0 Å². The fourth-order valence-electron chi connectivity index (χ4n) is 3.62. The van der Waals surface area contributed by atoms with Crippen molar-refractivity contribution in [2.75, 3.05) is 19.6 Å². The van der Waals surface area contributed by atoms with Crippen LogP contribution in [0.15, 0.2) is 42.5 Å². The van der Waals surface area contributed by atoms with Crippen molar-refractivity contribution in [3.05, 3.63) is 48.0 Å². The van der Waals surface area contributed by atoms with Crippen molar-refractivity contribution in [1.29, 1.82) is 0 Å². The first-order valence-electron chi connectivity index (χ1n) is 8.81. The van der Waals surface area contributed by atoms with E-state index in [1.807, 2.05) is 54.3 Å². The highest BCUT2D eigenvalue weighted by molar-refractivity contribution is 5.91. The minimum absolute atomic E-state index is 0.0327. The van der Waals surface area contributed by atoms with E-state index in [0.717, 1.165) is 22.8 Å². The molecular weight excluding hydrogens is 314 g/mol. The van der Waals surface area contributed by atoms with Gasteiger partial charge in [-0.15, -0.1) is 0 Å². The van der Waals surface area contributed by atoms with E-state index in [1.54, 1.807) is 0 Å². The lowest BCUT2D eigenvalue weighted by Crippen LogP contribution is -2.42. The molecule has 5 heteroatoms. The van der Waals surface area contributed by atoms with Gasteiger partial charge in [-0.1, -0.05) is 42.5 Å². The first-order chi connectivity index (χ1) is 12.1. The number of carbonyl (C=O) groups is 2. The Bertz CT molecular complexity index is 769. The molecule has 2 aromatic rings. The minimum atomic E-state index is -0.132. The molecule has 132 valence electrons. The Hall–Kier alpha value is -2.40. The number of nitrogens with one attached hydrogen (secondary N) is 1. The first-order valence-corrected chi connectivity index (χ1v) is 8.81. The molecule has 3 N–H and O–H groups in total. The number of carbonyl (C=O) groups excluding carboxylic acids is 2. The van der Waals surface area contributed by atoms with E-state index in [-0.39, 0.29) is 30.8 Å². The van der Waals surface area contributed by atoms with Gasteiger partial charge in [0.05, 0.1) is 13.0 Å². The van der Waals surface area contributed by atoms with Gasteiger partial charge in [-0.2, -0.15) is 0 Å². The Morgan fingerprint density at radius 1 is 1.20 bits per heavy atom. The van der Waals surface area contributed by atoms with E-state index < -0.39 is 0 Å². The zero-order valence-corrected chi connectivity index (χ0v) is 14.6. The quantitative estimate of drug-likeness (QED) is 0.870. The van der Waals surface area contributed by atoms with Crippen molar-refractivity contribution in [3.8, 4) is 0 Å². The van der Waals surface area contributed by atoms with Crippen molar-refractivity contribution in [2.45, 2.75) is 25.8 Å². The lowest BCUT2D eigenvalue weighted by molar-refractivity contribution is -0.133. The van der Waals surface area contributed by atoms with Crippen LogP contribution in [0.25, 0.3) is 10.8 Å². The summed E-state index contributed by atoms with van der Waals surface area (Å²) in [5, 5.41) is 4.95. The highest BCUT2D eigenvalue weighted by atomic mass is 16.2. The van der Waals surface area contributed by atoms with Crippen LogP contribution in [0.1, 0.15) is 18.9 Å². The standard InChI is InChI=1S/C20H25N3O2/c1-14-9-15(11-21)13-23(14)20(25)12-22-19(24)10-17-7-4-6-16-5-2-3-8-18(16)17/h2-8,14-15H,9-13,21H2,1H3,(H,22,24). The molecule has 1 aliphatic heterocycles. The van der Waals surface area contributed by atoms with Crippen LogP contribution < -0.4 is 11.1 Å². The zero-order chi connectivity index (χ0) is 17.8. The van der Waals surface area contributed by atoms with E-state index in [1.165, 1.54) is 0 Å². The van der Waals surface area contributed by atoms with Gasteiger partial charge in [0.15, 0.2) is 0 Å². The van der Waals surface area contributed by atoms with Crippen molar-refractivity contribution < 1.29 is 9.59 Å². The molecule has 1 heterocycles. The zero-order valence-electron chi connectivity index (χ0n) is 14.6. The minimum Gasteiger partial charge on any atom is -0.347 e. The van der Waals surface area contributed by atoms with Crippen molar-refractivity contribution in [1.82, 2.24) is 10.2 Å². The highest BCUT2D eigenvalue weighted by Gasteiger charge is 2.31. The predicted octanol–water partition coefficient (Wildman–Crippen LogP) is 1.69. The number of nitrogens with two attached hydrogens (primary N) is 1. The number of benzene rings is 2. The Morgan fingerprint density at radius 3 is 2.72 bits per heavy atom. The lowest BCUT2D eigenvalue weighted by atomic mass is 10.0. The van der Waals surface area contributed by atoms with Gasteiger partial charge < -0.3 is 16.0 Å². The summed E-state index contributed by atoms with van der Waals surface area (Å²) in [4.78, 5) is 26.5. The predicted molar refractivity (Wildman–Crippen MR) is 99.0 cm³/mol. The van der Waals surface area contributed by atoms with Gasteiger partial charge in [0.2, 0.25) is 11.8 Å². The number of hydrogen-bond acceptors (Lipinski definition) is 3. The summed E-state index contributed by atoms with van der Waals surface area (Å²) < 4.78 is 0. The average molecular weight is 339 g/mol. The second-order valence-electron chi connectivity index (χ2n) is 6.82. The molecule has 0 spiro atoms. The number of nitrogens with zero attached hydrogens (tertiary/aromatic N) is 1. The Morgan fingerprint density at radius 2 is 1.96 bits per heavy atom. The van der Waals surface area contributed by atoms with Gasteiger partial charge in [-0.05, 0) is 42.1 Å².